The summed E-state index contributed by atoms with van der Waals surface area (Å²) in [6, 6.07) is 1.41. The zero-order valence-corrected chi connectivity index (χ0v) is 11.8. The number of amides is 1. The number of carbonyl (C=O) groups is 1. The number of aliphatic hydroxyl groups excluding tert-OH is 1. The third-order valence-electron chi connectivity index (χ3n) is 3.88. The van der Waals surface area contributed by atoms with Crippen molar-refractivity contribution < 1.29 is 14.3 Å². The predicted molar refractivity (Wildman–Crippen MR) is 73.5 cm³/mol. The third-order valence-corrected chi connectivity index (χ3v) is 3.88. The molecule has 0 bridgehead atoms. The molecule has 20 heavy (non-hydrogen) atoms. The van der Waals surface area contributed by atoms with Crippen molar-refractivity contribution in [1.29, 1.82) is 0 Å². The Morgan fingerprint density at radius 3 is 3.10 bits per heavy atom. The summed E-state index contributed by atoms with van der Waals surface area (Å²) in [5, 5.41) is 9.63. The van der Waals surface area contributed by atoms with E-state index in [9.17, 15) is 14.3 Å². The van der Waals surface area contributed by atoms with Gasteiger partial charge in [-0.1, -0.05) is 0 Å². The van der Waals surface area contributed by atoms with Crippen molar-refractivity contribution in [2.24, 2.45) is 5.92 Å². The van der Waals surface area contributed by atoms with Crippen LogP contribution in [0.3, 0.4) is 0 Å². The molecule has 1 amide bonds. The van der Waals surface area contributed by atoms with Crippen LogP contribution in [0.2, 0.25) is 0 Å². The molecule has 1 aliphatic heterocycles. The molecule has 5 heteroatoms. The van der Waals surface area contributed by atoms with Gasteiger partial charge in [0.25, 0.3) is 0 Å². The molecule has 2 heterocycles. The van der Waals surface area contributed by atoms with Gasteiger partial charge in [0.05, 0.1) is 12.3 Å². The topological polar surface area (TPSA) is 53.4 Å². The number of halogens is 1. The van der Waals surface area contributed by atoms with E-state index in [0.717, 1.165) is 31.1 Å². The lowest BCUT2D eigenvalue weighted by atomic mass is 9.93. The molecule has 0 saturated carbocycles. The average molecular weight is 280 g/mol. The number of hydrogen-bond donors (Lipinski definition) is 1. The Kier molecular flexibility index (Phi) is 5.06. The highest BCUT2D eigenvalue weighted by Crippen LogP contribution is 2.20. The van der Waals surface area contributed by atoms with Gasteiger partial charge in [0.2, 0.25) is 5.91 Å². The molecule has 1 saturated heterocycles. The minimum atomic E-state index is -0.377. The van der Waals surface area contributed by atoms with Crippen LogP contribution in [0.25, 0.3) is 0 Å². The molecule has 110 valence electrons. The molecule has 0 aromatic carbocycles. The van der Waals surface area contributed by atoms with Crippen LogP contribution >= 0.6 is 0 Å². The molecule has 2 rings (SSSR count). The highest BCUT2D eigenvalue weighted by molar-refractivity contribution is 5.76. The summed E-state index contributed by atoms with van der Waals surface area (Å²) < 4.78 is 13.0. The van der Waals surface area contributed by atoms with Crippen molar-refractivity contribution in [3.05, 3.63) is 29.8 Å². The summed E-state index contributed by atoms with van der Waals surface area (Å²) in [6.45, 7) is 3.15. The van der Waals surface area contributed by atoms with E-state index in [0.29, 0.717) is 19.4 Å². The quantitative estimate of drug-likeness (QED) is 0.914. The summed E-state index contributed by atoms with van der Waals surface area (Å²) in [7, 11) is 0. The molecule has 1 aromatic heterocycles. The third kappa shape index (κ3) is 4.00. The number of aromatic nitrogens is 1. The number of pyridine rings is 1. The van der Waals surface area contributed by atoms with E-state index in [4.69, 9.17) is 0 Å². The molecule has 1 aliphatic rings. The molecule has 1 aromatic rings. The van der Waals surface area contributed by atoms with Crippen molar-refractivity contribution in [1.82, 2.24) is 9.88 Å². The van der Waals surface area contributed by atoms with Crippen molar-refractivity contribution >= 4 is 5.91 Å². The van der Waals surface area contributed by atoms with Crippen LogP contribution in [0.5, 0.6) is 0 Å². The van der Waals surface area contributed by atoms with Crippen LogP contribution in [0, 0.1) is 11.7 Å². The summed E-state index contributed by atoms with van der Waals surface area (Å²) in [5.74, 6) is -0.134. The van der Waals surface area contributed by atoms with Crippen LogP contribution in [-0.4, -0.2) is 40.1 Å². The molecule has 2 atom stereocenters. The number of carbonyl (C=O) groups excluding carboxylic acids is 1. The minimum Gasteiger partial charge on any atom is -0.393 e. The van der Waals surface area contributed by atoms with Crippen molar-refractivity contribution in [3.8, 4) is 0 Å². The highest BCUT2D eigenvalue weighted by Gasteiger charge is 2.26. The molecule has 0 radical (unpaired) electrons. The Bertz CT molecular complexity index is 465. The second-order valence-electron chi connectivity index (χ2n) is 5.49. The number of aryl methyl sites for hydroxylation is 1. The van der Waals surface area contributed by atoms with Gasteiger partial charge in [-0.3, -0.25) is 9.78 Å². The van der Waals surface area contributed by atoms with Crippen molar-refractivity contribution in [2.45, 2.75) is 38.7 Å². The maximum Gasteiger partial charge on any atom is 0.222 e. The smallest absolute Gasteiger partial charge is 0.222 e. The average Bonchev–Trinajstić information content (AvgIpc) is 2.45. The normalized spacial score (nSPS) is 20.8. The lowest BCUT2D eigenvalue weighted by Gasteiger charge is -2.34. The second kappa shape index (κ2) is 6.79. The molecule has 1 fully saturated rings. The molecular weight excluding hydrogens is 259 g/mol. The summed E-state index contributed by atoms with van der Waals surface area (Å²) >= 11 is 0. The van der Waals surface area contributed by atoms with E-state index in [1.54, 1.807) is 13.1 Å². The van der Waals surface area contributed by atoms with Crippen molar-refractivity contribution in [2.75, 3.05) is 13.1 Å². The maximum absolute atomic E-state index is 13.0. The monoisotopic (exact) mass is 280 g/mol. The number of piperidine rings is 1. The fraction of sp³-hybridized carbons (Fsp3) is 0.600. The first kappa shape index (κ1) is 14.9. The molecule has 2 unspecified atom stereocenters. The Labute approximate surface area is 118 Å². The molecular formula is C15H21FN2O2. The van der Waals surface area contributed by atoms with Gasteiger partial charge in [0.1, 0.15) is 5.82 Å². The maximum atomic E-state index is 13.0. The number of likely N-dealkylation sites (tertiary alicyclic amines) is 1. The minimum absolute atomic E-state index is 0.0691. The van der Waals surface area contributed by atoms with E-state index in [2.05, 4.69) is 4.98 Å². The summed E-state index contributed by atoms with van der Waals surface area (Å²) in [5.41, 5.74) is 0.738. The van der Waals surface area contributed by atoms with Gasteiger partial charge < -0.3 is 10.0 Å². The van der Waals surface area contributed by atoms with E-state index < -0.39 is 0 Å². The summed E-state index contributed by atoms with van der Waals surface area (Å²) in [4.78, 5) is 17.7. The van der Waals surface area contributed by atoms with Gasteiger partial charge in [0, 0.05) is 31.6 Å². The van der Waals surface area contributed by atoms with Gasteiger partial charge >= 0.3 is 0 Å². The number of hydrogen-bond acceptors (Lipinski definition) is 3. The Morgan fingerprint density at radius 2 is 2.40 bits per heavy atom. The van der Waals surface area contributed by atoms with Crippen LogP contribution < -0.4 is 0 Å². The molecule has 0 spiro atoms. The fourth-order valence-electron chi connectivity index (χ4n) is 2.63. The highest BCUT2D eigenvalue weighted by atomic mass is 19.1. The number of rotatable bonds is 4. The standard InChI is InChI=1S/C15H21FN2O2/c1-11(19)13-3-2-6-18(10-13)15(20)5-4-12-7-14(16)9-17-8-12/h7-9,11,13,19H,2-6,10H2,1H3. The number of aliphatic hydroxyl groups is 1. The van der Waals surface area contributed by atoms with E-state index in [1.807, 2.05) is 4.90 Å². The first-order valence-electron chi connectivity index (χ1n) is 7.11. The molecule has 0 aliphatic carbocycles. The number of nitrogens with zero attached hydrogens (tertiary/aromatic N) is 2. The lowest BCUT2D eigenvalue weighted by molar-refractivity contribution is -0.133. The molecule has 1 N–H and O–H groups in total. The predicted octanol–water partition coefficient (Wildman–Crippen LogP) is 1.77. The zero-order valence-electron chi connectivity index (χ0n) is 11.8. The zero-order chi connectivity index (χ0) is 14.5. The Balaban J connectivity index is 1.85. The van der Waals surface area contributed by atoms with Crippen molar-refractivity contribution in [3.63, 3.8) is 0 Å². The summed E-state index contributed by atoms with van der Waals surface area (Å²) in [6.07, 6.45) is 5.13. The van der Waals surface area contributed by atoms with E-state index in [1.165, 1.54) is 6.07 Å². The first-order chi connectivity index (χ1) is 9.56. The van der Waals surface area contributed by atoms with E-state index in [-0.39, 0.29) is 23.7 Å². The second-order valence-corrected chi connectivity index (χ2v) is 5.49. The van der Waals surface area contributed by atoms with Gasteiger partial charge in [-0.2, -0.15) is 0 Å². The van der Waals surface area contributed by atoms with Crippen LogP contribution in [0.4, 0.5) is 4.39 Å². The van der Waals surface area contributed by atoms with Gasteiger partial charge in [-0.05, 0) is 37.8 Å². The SMILES string of the molecule is CC(O)C1CCCN(C(=O)CCc2cncc(F)c2)C1. The first-order valence-corrected chi connectivity index (χ1v) is 7.11. The van der Waals surface area contributed by atoms with Gasteiger partial charge in [-0.25, -0.2) is 4.39 Å². The Morgan fingerprint density at radius 1 is 1.60 bits per heavy atom. The van der Waals surface area contributed by atoms with Crippen LogP contribution in [-0.2, 0) is 11.2 Å². The van der Waals surface area contributed by atoms with Crippen LogP contribution in [0.15, 0.2) is 18.5 Å². The van der Waals surface area contributed by atoms with Gasteiger partial charge in [0.15, 0.2) is 0 Å². The van der Waals surface area contributed by atoms with Crippen LogP contribution in [0.1, 0.15) is 31.7 Å². The fourth-order valence-corrected chi connectivity index (χ4v) is 2.63. The van der Waals surface area contributed by atoms with Gasteiger partial charge in [-0.15, -0.1) is 0 Å². The Hall–Kier alpha value is -1.49. The lowest BCUT2D eigenvalue weighted by Crippen LogP contribution is -2.43. The largest absolute Gasteiger partial charge is 0.393 e. The molecule has 4 nitrogen and oxygen atoms in total. The van der Waals surface area contributed by atoms with E-state index >= 15 is 0 Å².